The van der Waals surface area contributed by atoms with Crippen molar-refractivity contribution in [1.29, 1.82) is 0 Å². The molecule has 2 amide bonds. The van der Waals surface area contributed by atoms with E-state index in [2.05, 4.69) is 16.6 Å². The van der Waals surface area contributed by atoms with Crippen molar-refractivity contribution in [3.63, 3.8) is 0 Å². The number of hydrogen-bond donors (Lipinski definition) is 4. The van der Waals surface area contributed by atoms with Gasteiger partial charge in [0.25, 0.3) is 0 Å². The number of thioether (sulfide) groups is 1. The SMILES string of the molecule is C#CCSCCNC(=O)NC(CCC(=O)O)C(=O)O. The van der Waals surface area contributed by atoms with Gasteiger partial charge in [0, 0.05) is 18.7 Å². The lowest BCUT2D eigenvalue weighted by Crippen LogP contribution is -2.46. The van der Waals surface area contributed by atoms with Gasteiger partial charge in [-0.1, -0.05) is 5.92 Å². The maximum atomic E-state index is 11.4. The van der Waals surface area contributed by atoms with Crippen molar-refractivity contribution < 1.29 is 24.6 Å². The molecule has 1 unspecified atom stereocenters. The van der Waals surface area contributed by atoms with Gasteiger partial charge in [0.05, 0.1) is 5.75 Å². The number of rotatable bonds is 9. The molecule has 0 aliphatic heterocycles. The zero-order valence-electron chi connectivity index (χ0n) is 10.2. The highest BCUT2D eigenvalue weighted by atomic mass is 32.2. The number of carboxylic acid groups (broad SMARTS) is 2. The summed E-state index contributed by atoms with van der Waals surface area (Å²) in [6.07, 6.45) is 4.56. The van der Waals surface area contributed by atoms with Gasteiger partial charge in [0.15, 0.2) is 0 Å². The van der Waals surface area contributed by atoms with Crippen molar-refractivity contribution >= 4 is 29.7 Å². The molecule has 0 rings (SSSR count). The summed E-state index contributed by atoms with van der Waals surface area (Å²) in [6, 6.07) is -1.85. The Bertz CT molecular complexity index is 367. The van der Waals surface area contributed by atoms with Gasteiger partial charge in [0.1, 0.15) is 6.04 Å². The van der Waals surface area contributed by atoms with Gasteiger partial charge in [-0.25, -0.2) is 9.59 Å². The van der Waals surface area contributed by atoms with Crippen LogP contribution in [0.15, 0.2) is 0 Å². The van der Waals surface area contributed by atoms with Crippen LogP contribution >= 0.6 is 11.8 Å². The van der Waals surface area contributed by atoms with E-state index in [0.29, 0.717) is 18.1 Å². The Balaban J connectivity index is 3.94. The lowest BCUT2D eigenvalue weighted by molar-refractivity contribution is -0.140. The number of nitrogens with one attached hydrogen (secondary N) is 2. The smallest absolute Gasteiger partial charge is 0.326 e. The zero-order valence-corrected chi connectivity index (χ0v) is 11.0. The third kappa shape index (κ3) is 9.79. The predicted octanol–water partition coefficient (Wildman–Crippen LogP) is -0.0300. The van der Waals surface area contributed by atoms with Crippen LogP contribution in [0.25, 0.3) is 0 Å². The van der Waals surface area contributed by atoms with Gasteiger partial charge < -0.3 is 20.8 Å². The largest absolute Gasteiger partial charge is 0.481 e. The molecular weight excluding hydrogens is 272 g/mol. The summed E-state index contributed by atoms with van der Waals surface area (Å²) in [4.78, 5) is 32.5. The number of terminal acetylenes is 1. The second-order valence-electron chi connectivity index (χ2n) is 3.48. The van der Waals surface area contributed by atoms with E-state index in [1.165, 1.54) is 11.8 Å². The number of urea groups is 1. The first-order valence-electron chi connectivity index (χ1n) is 5.47. The molecule has 0 aromatic heterocycles. The van der Waals surface area contributed by atoms with Crippen LogP contribution in [0, 0.1) is 12.3 Å². The average Bonchev–Trinajstić information content (AvgIpc) is 2.33. The van der Waals surface area contributed by atoms with Crippen LogP contribution in [0.3, 0.4) is 0 Å². The summed E-state index contributed by atoms with van der Waals surface area (Å²) >= 11 is 1.46. The van der Waals surface area contributed by atoms with Crippen LogP contribution in [0.1, 0.15) is 12.8 Å². The van der Waals surface area contributed by atoms with Crippen molar-refractivity contribution in [3.05, 3.63) is 0 Å². The van der Waals surface area contributed by atoms with E-state index >= 15 is 0 Å². The van der Waals surface area contributed by atoms with Gasteiger partial charge in [-0.15, -0.1) is 18.2 Å². The standard InChI is InChI=1S/C11H16N2O5S/c1-2-6-19-7-5-12-11(18)13-8(10(16)17)3-4-9(14)15/h1,8H,3-7H2,(H,14,15)(H,16,17)(H2,12,13,18). The minimum absolute atomic E-state index is 0.163. The molecular formula is C11H16N2O5S. The minimum Gasteiger partial charge on any atom is -0.481 e. The summed E-state index contributed by atoms with van der Waals surface area (Å²) < 4.78 is 0. The minimum atomic E-state index is -1.27. The van der Waals surface area contributed by atoms with Crippen LogP contribution in [0.2, 0.25) is 0 Å². The van der Waals surface area contributed by atoms with Crippen LogP contribution in [-0.4, -0.2) is 52.3 Å². The average molecular weight is 288 g/mol. The Hall–Kier alpha value is -1.88. The van der Waals surface area contributed by atoms with Gasteiger partial charge >= 0.3 is 18.0 Å². The normalized spacial score (nSPS) is 11.1. The molecule has 0 spiro atoms. The molecule has 1 atom stereocenters. The van der Waals surface area contributed by atoms with Crippen molar-refractivity contribution in [1.82, 2.24) is 10.6 Å². The molecule has 19 heavy (non-hydrogen) atoms. The first kappa shape index (κ1) is 17.1. The van der Waals surface area contributed by atoms with Crippen LogP contribution in [0.4, 0.5) is 4.79 Å². The fourth-order valence-electron chi connectivity index (χ4n) is 1.10. The molecule has 0 fully saturated rings. The lowest BCUT2D eigenvalue weighted by atomic mass is 10.1. The highest BCUT2D eigenvalue weighted by molar-refractivity contribution is 7.99. The molecule has 0 aliphatic rings. The van der Waals surface area contributed by atoms with Crippen molar-refractivity contribution in [2.75, 3.05) is 18.1 Å². The van der Waals surface area contributed by atoms with Crippen LogP contribution in [-0.2, 0) is 9.59 Å². The zero-order chi connectivity index (χ0) is 14.7. The topological polar surface area (TPSA) is 116 Å². The molecule has 0 saturated carbocycles. The molecule has 0 heterocycles. The summed E-state index contributed by atoms with van der Waals surface area (Å²) in [5.41, 5.74) is 0. The highest BCUT2D eigenvalue weighted by Gasteiger charge is 2.20. The number of carbonyl (C=O) groups is 3. The number of carbonyl (C=O) groups excluding carboxylic acids is 1. The maximum absolute atomic E-state index is 11.4. The fourth-order valence-corrected chi connectivity index (χ4v) is 1.61. The van der Waals surface area contributed by atoms with E-state index in [4.69, 9.17) is 16.6 Å². The van der Waals surface area contributed by atoms with E-state index in [-0.39, 0.29) is 12.8 Å². The van der Waals surface area contributed by atoms with Crippen LogP contribution < -0.4 is 10.6 Å². The summed E-state index contributed by atoms with van der Waals surface area (Å²) in [5.74, 6) is 1.21. The van der Waals surface area contributed by atoms with Crippen LogP contribution in [0.5, 0.6) is 0 Å². The Morgan fingerprint density at radius 1 is 1.32 bits per heavy atom. The van der Waals surface area contributed by atoms with Crippen molar-refractivity contribution in [2.45, 2.75) is 18.9 Å². The van der Waals surface area contributed by atoms with Gasteiger partial charge in [-0.05, 0) is 6.42 Å². The van der Waals surface area contributed by atoms with Gasteiger partial charge in [-0.3, -0.25) is 4.79 Å². The van der Waals surface area contributed by atoms with E-state index in [0.717, 1.165) is 0 Å². The summed E-state index contributed by atoms with van der Waals surface area (Å²) in [5, 5.41) is 21.9. The Morgan fingerprint density at radius 3 is 2.53 bits per heavy atom. The molecule has 0 bridgehead atoms. The molecule has 0 aliphatic carbocycles. The number of hydrogen-bond acceptors (Lipinski definition) is 4. The third-order valence-corrected chi connectivity index (χ3v) is 2.83. The summed E-state index contributed by atoms with van der Waals surface area (Å²) in [7, 11) is 0. The number of amides is 2. The Kier molecular flexibility index (Phi) is 9.08. The Morgan fingerprint density at radius 2 is 2.00 bits per heavy atom. The second-order valence-corrected chi connectivity index (χ2v) is 4.59. The monoisotopic (exact) mass is 288 g/mol. The summed E-state index contributed by atoms with van der Waals surface area (Å²) in [6.45, 7) is 0.351. The quantitative estimate of drug-likeness (QED) is 0.350. The maximum Gasteiger partial charge on any atom is 0.326 e. The highest BCUT2D eigenvalue weighted by Crippen LogP contribution is 1.98. The van der Waals surface area contributed by atoms with Gasteiger partial charge in [-0.2, -0.15) is 0 Å². The fraction of sp³-hybridized carbons (Fsp3) is 0.545. The number of carboxylic acids is 2. The Labute approximate surface area is 115 Å². The van der Waals surface area contributed by atoms with E-state index in [1.54, 1.807) is 0 Å². The van der Waals surface area contributed by atoms with E-state index < -0.39 is 24.0 Å². The van der Waals surface area contributed by atoms with Gasteiger partial charge in [0.2, 0.25) is 0 Å². The molecule has 0 saturated heterocycles. The molecule has 0 aromatic carbocycles. The predicted molar refractivity (Wildman–Crippen MR) is 71.0 cm³/mol. The van der Waals surface area contributed by atoms with Crippen molar-refractivity contribution in [3.8, 4) is 12.3 Å². The second kappa shape index (κ2) is 10.1. The van der Waals surface area contributed by atoms with Crippen molar-refractivity contribution in [2.24, 2.45) is 0 Å². The molecule has 106 valence electrons. The molecule has 0 aromatic rings. The first-order chi connectivity index (χ1) is 8.97. The molecule has 0 radical (unpaired) electrons. The van der Waals surface area contributed by atoms with E-state index in [1.807, 2.05) is 0 Å². The first-order valence-corrected chi connectivity index (χ1v) is 6.63. The molecule has 4 N–H and O–H groups in total. The molecule has 8 heteroatoms. The third-order valence-electron chi connectivity index (χ3n) is 1.97. The number of aliphatic carboxylic acids is 2. The molecule has 7 nitrogen and oxygen atoms in total. The van der Waals surface area contributed by atoms with E-state index in [9.17, 15) is 14.4 Å². The lowest BCUT2D eigenvalue weighted by Gasteiger charge is -2.14.